The first-order valence-corrected chi connectivity index (χ1v) is 8.49. The summed E-state index contributed by atoms with van der Waals surface area (Å²) in [5.74, 6) is 0. The number of benzene rings is 1. The number of aryl methyl sites for hydroxylation is 3. The minimum Gasteiger partial charge on any atom is -0.331 e. The summed E-state index contributed by atoms with van der Waals surface area (Å²) in [6.45, 7) is 6.18. The van der Waals surface area contributed by atoms with E-state index in [9.17, 15) is 4.79 Å². The fourth-order valence-electron chi connectivity index (χ4n) is 3.21. The average molecular weight is 345 g/mol. The number of fused-ring (bicyclic) bond motifs is 3. The van der Waals surface area contributed by atoms with Crippen molar-refractivity contribution in [3.8, 4) is 0 Å². The summed E-state index contributed by atoms with van der Waals surface area (Å²) in [4.78, 5) is 21.8. The number of pyridine rings is 2. The number of para-hydroxylation sites is 1. The van der Waals surface area contributed by atoms with Crippen LogP contribution in [0.3, 0.4) is 0 Å². The minimum atomic E-state index is -0.277. The Bertz CT molecular complexity index is 1130. The Labute approximate surface area is 150 Å². The number of carbonyl (C=O) groups is 1. The average Bonchev–Trinajstić information content (AvgIpc) is 2.99. The molecule has 3 heterocycles. The lowest BCUT2D eigenvalue weighted by atomic mass is 10.1. The van der Waals surface area contributed by atoms with Gasteiger partial charge in [-0.05, 0) is 38.5 Å². The predicted molar refractivity (Wildman–Crippen MR) is 101 cm³/mol. The van der Waals surface area contributed by atoms with Crippen LogP contribution in [0, 0.1) is 20.8 Å². The van der Waals surface area contributed by atoms with Crippen LogP contribution in [0.25, 0.3) is 21.8 Å². The predicted octanol–water partition coefficient (Wildman–Crippen LogP) is 3.66. The maximum atomic E-state index is 12.8. The highest BCUT2D eigenvalue weighted by atomic mass is 16.2. The van der Waals surface area contributed by atoms with E-state index in [-0.39, 0.29) is 6.03 Å². The van der Waals surface area contributed by atoms with Crippen LogP contribution in [0.5, 0.6) is 0 Å². The molecule has 0 spiro atoms. The van der Waals surface area contributed by atoms with Crippen LogP contribution in [0.4, 0.5) is 4.79 Å². The molecule has 0 aliphatic rings. The summed E-state index contributed by atoms with van der Waals surface area (Å²) in [6, 6.07) is 11.4. The zero-order valence-electron chi connectivity index (χ0n) is 14.9. The molecule has 0 saturated carbocycles. The fraction of sp³-hybridized carbons (Fsp3) is 0.200. The Morgan fingerprint density at radius 3 is 2.65 bits per heavy atom. The molecule has 1 N–H and O–H groups in total. The number of hydrogen-bond donors (Lipinski definition) is 1. The van der Waals surface area contributed by atoms with Crippen molar-refractivity contribution < 1.29 is 4.79 Å². The summed E-state index contributed by atoms with van der Waals surface area (Å²) in [5.41, 5.74) is 5.20. The molecule has 26 heavy (non-hydrogen) atoms. The van der Waals surface area contributed by atoms with E-state index in [1.807, 2.05) is 57.2 Å². The third-order valence-corrected chi connectivity index (χ3v) is 4.46. The summed E-state index contributed by atoms with van der Waals surface area (Å²) in [5, 5.41) is 9.21. The van der Waals surface area contributed by atoms with E-state index in [4.69, 9.17) is 0 Å². The Morgan fingerprint density at radius 1 is 1.08 bits per heavy atom. The molecule has 0 fully saturated rings. The van der Waals surface area contributed by atoms with Crippen LogP contribution in [-0.4, -0.2) is 25.8 Å². The van der Waals surface area contributed by atoms with Gasteiger partial charge in [0.15, 0.2) is 0 Å². The molecule has 4 rings (SSSR count). The first kappa shape index (κ1) is 16.2. The second kappa shape index (κ2) is 6.22. The van der Waals surface area contributed by atoms with Gasteiger partial charge in [-0.15, -0.1) is 0 Å². The van der Waals surface area contributed by atoms with Crippen LogP contribution < -0.4 is 5.32 Å². The van der Waals surface area contributed by atoms with Crippen molar-refractivity contribution in [1.29, 1.82) is 0 Å². The maximum Gasteiger partial charge on any atom is 0.342 e. The lowest BCUT2D eigenvalue weighted by Gasteiger charge is -2.08. The SMILES string of the molecule is Cc1ccc(CNC(=O)n2nc(C)c3c(C)nc4ccccc4c32)nc1. The van der Waals surface area contributed by atoms with Gasteiger partial charge >= 0.3 is 6.03 Å². The van der Waals surface area contributed by atoms with E-state index in [2.05, 4.69) is 20.4 Å². The molecule has 6 nitrogen and oxygen atoms in total. The van der Waals surface area contributed by atoms with Crippen molar-refractivity contribution in [2.45, 2.75) is 27.3 Å². The molecule has 130 valence electrons. The molecule has 0 aliphatic carbocycles. The normalized spacial score (nSPS) is 11.2. The zero-order valence-corrected chi connectivity index (χ0v) is 14.9. The molecule has 3 aromatic heterocycles. The monoisotopic (exact) mass is 345 g/mol. The van der Waals surface area contributed by atoms with E-state index in [0.717, 1.165) is 44.5 Å². The molecule has 6 heteroatoms. The van der Waals surface area contributed by atoms with E-state index in [1.165, 1.54) is 4.68 Å². The van der Waals surface area contributed by atoms with Gasteiger partial charge in [0.1, 0.15) is 0 Å². The molecule has 1 aromatic carbocycles. The summed E-state index contributed by atoms with van der Waals surface area (Å²) in [7, 11) is 0. The molecular weight excluding hydrogens is 326 g/mol. The number of hydrogen-bond acceptors (Lipinski definition) is 4. The van der Waals surface area contributed by atoms with Crippen molar-refractivity contribution in [3.63, 3.8) is 0 Å². The van der Waals surface area contributed by atoms with Crippen LogP contribution in [0.15, 0.2) is 42.6 Å². The van der Waals surface area contributed by atoms with Crippen LogP contribution >= 0.6 is 0 Å². The summed E-state index contributed by atoms with van der Waals surface area (Å²) in [6.07, 6.45) is 1.79. The smallest absolute Gasteiger partial charge is 0.331 e. The van der Waals surface area contributed by atoms with Crippen LogP contribution in [0.1, 0.15) is 22.6 Å². The van der Waals surface area contributed by atoms with Crippen LogP contribution in [-0.2, 0) is 6.54 Å². The minimum absolute atomic E-state index is 0.277. The molecule has 0 radical (unpaired) electrons. The summed E-state index contributed by atoms with van der Waals surface area (Å²) < 4.78 is 1.44. The number of aromatic nitrogens is 4. The van der Waals surface area contributed by atoms with E-state index >= 15 is 0 Å². The molecule has 4 aromatic rings. The van der Waals surface area contributed by atoms with Crippen molar-refractivity contribution >= 4 is 27.8 Å². The molecule has 0 unspecified atom stereocenters. The Hall–Kier alpha value is -3.28. The van der Waals surface area contributed by atoms with Crippen LogP contribution in [0.2, 0.25) is 0 Å². The highest BCUT2D eigenvalue weighted by Gasteiger charge is 2.18. The molecule has 0 saturated heterocycles. The van der Waals surface area contributed by atoms with Gasteiger partial charge < -0.3 is 5.32 Å². The Balaban J connectivity index is 1.76. The van der Waals surface area contributed by atoms with Crippen molar-refractivity contribution in [1.82, 2.24) is 25.1 Å². The standard InChI is InChI=1S/C20H19N5O/c1-12-8-9-15(21-10-12)11-22-20(26)25-19-16-6-4-5-7-17(16)23-13(2)18(19)14(3)24-25/h4-10H,11H2,1-3H3,(H,22,26). The second-order valence-corrected chi connectivity index (χ2v) is 6.42. The first-order chi connectivity index (χ1) is 12.5. The van der Waals surface area contributed by atoms with Gasteiger partial charge in [-0.2, -0.15) is 9.78 Å². The van der Waals surface area contributed by atoms with Gasteiger partial charge in [-0.3, -0.25) is 9.97 Å². The lowest BCUT2D eigenvalue weighted by molar-refractivity contribution is 0.240. The first-order valence-electron chi connectivity index (χ1n) is 8.49. The zero-order chi connectivity index (χ0) is 18.3. The Morgan fingerprint density at radius 2 is 1.88 bits per heavy atom. The summed E-state index contributed by atoms with van der Waals surface area (Å²) >= 11 is 0. The van der Waals surface area contributed by atoms with Crippen molar-refractivity contribution in [2.24, 2.45) is 0 Å². The maximum absolute atomic E-state index is 12.8. The largest absolute Gasteiger partial charge is 0.342 e. The van der Waals surface area contributed by atoms with Gasteiger partial charge in [0, 0.05) is 22.7 Å². The van der Waals surface area contributed by atoms with E-state index < -0.39 is 0 Å². The third kappa shape index (κ3) is 2.69. The molecule has 0 bridgehead atoms. The van der Waals surface area contributed by atoms with E-state index in [1.54, 1.807) is 6.20 Å². The van der Waals surface area contributed by atoms with Gasteiger partial charge in [-0.1, -0.05) is 24.3 Å². The lowest BCUT2D eigenvalue weighted by Crippen LogP contribution is -2.29. The Kier molecular flexibility index (Phi) is 3.88. The molecule has 0 aliphatic heterocycles. The van der Waals surface area contributed by atoms with Crippen molar-refractivity contribution in [2.75, 3.05) is 0 Å². The second-order valence-electron chi connectivity index (χ2n) is 6.42. The number of rotatable bonds is 2. The van der Waals surface area contributed by atoms with Gasteiger partial charge in [0.05, 0.1) is 29.0 Å². The molecule has 0 atom stereocenters. The fourth-order valence-corrected chi connectivity index (χ4v) is 3.21. The number of nitrogens with one attached hydrogen (secondary N) is 1. The molecular formula is C20H19N5O. The number of nitrogens with zero attached hydrogens (tertiary/aromatic N) is 4. The third-order valence-electron chi connectivity index (χ3n) is 4.46. The van der Waals surface area contributed by atoms with E-state index in [0.29, 0.717) is 6.54 Å². The quantitative estimate of drug-likeness (QED) is 0.602. The molecule has 1 amide bonds. The number of amides is 1. The number of carbonyl (C=O) groups excluding carboxylic acids is 1. The highest BCUT2D eigenvalue weighted by Crippen LogP contribution is 2.28. The topological polar surface area (TPSA) is 72.7 Å². The van der Waals surface area contributed by atoms with Gasteiger partial charge in [0.25, 0.3) is 0 Å². The van der Waals surface area contributed by atoms with Gasteiger partial charge in [0.2, 0.25) is 0 Å². The highest BCUT2D eigenvalue weighted by molar-refractivity contribution is 6.08. The van der Waals surface area contributed by atoms with Crippen molar-refractivity contribution in [3.05, 3.63) is 65.2 Å². The van der Waals surface area contributed by atoms with Gasteiger partial charge in [-0.25, -0.2) is 4.79 Å².